The van der Waals surface area contributed by atoms with Crippen molar-refractivity contribution in [1.29, 1.82) is 0 Å². The van der Waals surface area contributed by atoms with Crippen molar-refractivity contribution in [2.75, 3.05) is 14.1 Å². The van der Waals surface area contributed by atoms with Crippen LogP contribution in [0.25, 0.3) is 0 Å². The van der Waals surface area contributed by atoms with Crippen molar-refractivity contribution in [3.05, 3.63) is 11.6 Å². The zero-order valence-electron chi connectivity index (χ0n) is 26.4. The summed E-state index contributed by atoms with van der Waals surface area (Å²) in [5.74, 6) is -3.51. The fourth-order valence-electron chi connectivity index (χ4n) is 7.63. The summed E-state index contributed by atoms with van der Waals surface area (Å²) in [5.41, 5.74) is -1.37. The number of hydrogen-bond acceptors (Lipinski definition) is 10. The fraction of sp³-hybridized carbons (Fsp3) is 0.871. The summed E-state index contributed by atoms with van der Waals surface area (Å²) in [5, 5.41) is 22.9. The Kier molecular flexibility index (Phi) is 9.20. The van der Waals surface area contributed by atoms with Gasteiger partial charge in [0.25, 0.3) is 0 Å². The summed E-state index contributed by atoms with van der Waals surface area (Å²) in [6, 6.07) is -0.193. The smallest absolute Gasteiger partial charge is 0.311 e. The Balaban J connectivity index is 1.81. The van der Waals surface area contributed by atoms with E-state index < -0.39 is 65.5 Å². The number of likely N-dealkylation sites (N-methyl/N-ethyl adjacent to an activating group) is 1. The predicted octanol–water partition coefficient (Wildman–Crippen LogP) is 2.97. The van der Waals surface area contributed by atoms with E-state index in [1.54, 1.807) is 6.92 Å². The van der Waals surface area contributed by atoms with Crippen molar-refractivity contribution >= 4 is 11.8 Å². The van der Waals surface area contributed by atoms with E-state index in [1.807, 2.05) is 66.6 Å². The van der Waals surface area contributed by atoms with E-state index in [0.29, 0.717) is 24.8 Å². The molecule has 3 fully saturated rings. The second-order valence-corrected chi connectivity index (χ2v) is 13.6. The van der Waals surface area contributed by atoms with Crippen LogP contribution in [0.2, 0.25) is 0 Å². The molecule has 3 bridgehead atoms. The van der Waals surface area contributed by atoms with Gasteiger partial charge in [-0.1, -0.05) is 20.8 Å². The minimum Gasteiger partial charge on any atom is -0.459 e. The molecule has 4 aliphatic rings. The first-order valence-corrected chi connectivity index (χ1v) is 15.1. The molecule has 10 heteroatoms. The highest BCUT2D eigenvalue weighted by atomic mass is 16.8. The van der Waals surface area contributed by atoms with E-state index >= 15 is 0 Å². The third-order valence-corrected chi connectivity index (χ3v) is 9.79. The van der Waals surface area contributed by atoms with Crippen LogP contribution in [-0.2, 0) is 33.3 Å². The predicted molar refractivity (Wildman–Crippen MR) is 151 cm³/mol. The monoisotopic (exact) mass is 581 g/mol. The van der Waals surface area contributed by atoms with Crippen LogP contribution in [0.5, 0.6) is 0 Å². The number of Topliss-reactive ketones (excluding diaryl/α,β-unsaturated/α-hetero) is 1. The number of aliphatic hydroxyl groups is 2. The van der Waals surface area contributed by atoms with Gasteiger partial charge in [-0.05, 0) is 79.6 Å². The molecule has 0 aromatic heterocycles. The topological polar surface area (TPSA) is 124 Å². The summed E-state index contributed by atoms with van der Waals surface area (Å²) >= 11 is 0. The zero-order chi connectivity index (χ0) is 30.7. The molecule has 2 N–H and O–H groups in total. The molecule has 4 aliphatic heterocycles. The van der Waals surface area contributed by atoms with Gasteiger partial charge >= 0.3 is 5.97 Å². The maximum atomic E-state index is 13.4. The third-order valence-electron chi connectivity index (χ3n) is 9.79. The standard InChI is InChI=1S/C31H51NO9/c1-11-23-29(7)15-21(12-17(3)33)31(40-29)16(2)14-30(8,41-31)26(19(5)24(34)20(6)27(36)38-23)39-28-25(35)22(32(9)10)13-18(4)37-28/h15-16,18-20,22-26,28,34-35H,11-14H2,1-10H3/t16-,18-,19+,20-,22+,23-,24+,25-,26-,28+,29?,30-,31?/m1/s1. The number of carbonyl (C=O) groups is 2. The van der Waals surface area contributed by atoms with Crippen LogP contribution in [0.1, 0.15) is 81.1 Å². The second kappa shape index (κ2) is 11.6. The molecule has 41 heavy (non-hydrogen) atoms. The lowest BCUT2D eigenvalue weighted by Gasteiger charge is -2.47. The highest BCUT2D eigenvalue weighted by Crippen LogP contribution is 2.57. The maximum absolute atomic E-state index is 13.4. The Hall–Kier alpha value is -1.40. The largest absolute Gasteiger partial charge is 0.459 e. The van der Waals surface area contributed by atoms with Gasteiger partial charge in [0.1, 0.15) is 23.6 Å². The molecule has 0 aromatic rings. The van der Waals surface area contributed by atoms with Gasteiger partial charge in [0.15, 0.2) is 12.1 Å². The summed E-state index contributed by atoms with van der Waals surface area (Å²) in [6.07, 6.45) is -1.07. The highest BCUT2D eigenvalue weighted by Gasteiger charge is 2.65. The van der Waals surface area contributed by atoms with E-state index in [0.717, 1.165) is 0 Å². The molecule has 3 saturated heterocycles. The van der Waals surface area contributed by atoms with Crippen molar-refractivity contribution in [3.8, 4) is 0 Å². The van der Waals surface area contributed by atoms with E-state index in [-0.39, 0.29) is 30.3 Å². The molecule has 234 valence electrons. The summed E-state index contributed by atoms with van der Waals surface area (Å²) < 4.78 is 32.6. The van der Waals surface area contributed by atoms with Gasteiger partial charge in [0.2, 0.25) is 0 Å². The highest BCUT2D eigenvalue weighted by molar-refractivity contribution is 5.79. The Morgan fingerprint density at radius 3 is 2.37 bits per heavy atom. The lowest BCUT2D eigenvalue weighted by Crippen LogP contribution is -2.59. The zero-order valence-corrected chi connectivity index (χ0v) is 26.4. The number of nitrogens with zero attached hydrogens (tertiary/aromatic N) is 1. The van der Waals surface area contributed by atoms with Gasteiger partial charge in [-0.15, -0.1) is 0 Å². The van der Waals surface area contributed by atoms with E-state index in [4.69, 9.17) is 23.7 Å². The maximum Gasteiger partial charge on any atom is 0.311 e. The quantitative estimate of drug-likeness (QED) is 0.357. The molecule has 0 amide bonds. The Morgan fingerprint density at radius 1 is 1.12 bits per heavy atom. The number of cyclic esters (lactones) is 1. The van der Waals surface area contributed by atoms with Crippen LogP contribution in [-0.4, -0.2) is 101 Å². The van der Waals surface area contributed by atoms with E-state index in [9.17, 15) is 19.8 Å². The number of carbonyl (C=O) groups excluding carboxylic acids is 2. The molecule has 2 unspecified atom stereocenters. The van der Waals surface area contributed by atoms with Crippen molar-refractivity contribution in [1.82, 2.24) is 4.90 Å². The molecule has 0 radical (unpaired) electrons. The van der Waals surface area contributed by atoms with Crippen LogP contribution < -0.4 is 0 Å². The number of aliphatic hydroxyl groups excluding tert-OH is 2. The molecular weight excluding hydrogens is 530 g/mol. The summed E-state index contributed by atoms with van der Waals surface area (Å²) in [4.78, 5) is 27.8. The van der Waals surface area contributed by atoms with Gasteiger partial charge in [-0.2, -0.15) is 0 Å². The average Bonchev–Trinajstić information content (AvgIpc) is 3.31. The Morgan fingerprint density at radius 2 is 1.78 bits per heavy atom. The number of rotatable bonds is 6. The lowest BCUT2D eigenvalue weighted by molar-refractivity contribution is -0.328. The molecule has 0 aliphatic carbocycles. The Labute approximate surface area is 244 Å². The number of fused-ring (bicyclic) bond motifs is 2. The molecule has 4 rings (SSSR count). The van der Waals surface area contributed by atoms with E-state index in [2.05, 4.69) is 0 Å². The fourth-order valence-corrected chi connectivity index (χ4v) is 7.63. The van der Waals surface area contributed by atoms with Gasteiger partial charge < -0.3 is 38.8 Å². The summed E-state index contributed by atoms with van der Waals surface area (Å²) in [6.45, 7) is 14.7. The van der Waals surface area contributed by atoms with Crippen LogP contribution in [0.4, 0.5) is 0 Å². The van der Waals surface area contributed by atoms with Gasteiger partial charge in [-0.3, -0.25) is 9.59 Å². The van der Waals surface area contributed by atoms with Gasteiger partial charge in [0, 0.05) is 24.3 Å². The van der Waals surface area contributed by atoms with Gasteiger partial charge in [-0.25, -0.2) is 0 Å². The first-order chi connectivity index (χ1) is 19.0. The first-order valence-electron chi connectivity index (χ1n) is 15.1. The van der Waals surface area contributed by atoms with Crippen molar-refractivity contribution in [2.24, 2.45) is 17.8 Å². The SMILES string of the molecule is CC[C@H]1OC(=O)[C@H](C)[C@@H](O)[C@H](C)[C@@H](O[C@@H]2O[C@H](C)C[C@H](N(C)C)[C@H]2O)[C@@]2(C)C[C@@H](C)C3(OC1(C)C=C3CC(C)=O)O2. The molecule has 0 saturated carbocycles. The summed E-state index contributed by atoms with van der Waals surface area (Å²) in [7, 11) is 3.82. The van der Waals surface area contributed by atoms with Crippen LogP contribution in [0.15, 0.2) is 11.6 Å². The van der Waals surface area contributed by atoms with Crippen molar-refractivity contribution in [3.63, 3.8) is 0 Å². The van der Waals surface area contributed by atoms with Crippen LogP contribution in [0.3, 0.4) is 0 Å². The molecule has 1 spiro atoms. The number of esters is 1. The number of ketones is 1. The molecule has 0 aromatic carbocycles. The van der Waals surface area contributed by atoms with Crippen LogP contribution >= 0.6 is 0 Å². The van der Waals surface area contributed by atoms with E-state index in [1.165, 1.54) is 6.92 Å². The lowest BCUT2D eigenvalue weighted by atomic mass is 9.78. The number of hydrogen-bond donors (Lipinski definition) is 2. The van der Waals surface area contributed by atoms with Crippen LogP contribution in [0, 0.1) is 17.8 Å². The minimum atomic E-state index is -1.25. The molecule has 10 nitrogen and oxygen atoms in total. The molecule has 13 atom stereocenters. The van der Waals surface area contributed by atoms with Gasteiger partial charge in [0.05, 0.1) is 29.8 Å². The number of ether oxygens (including phenoxy) is 5. The Bertz CT molecular complexity index is 1030. The minimum absolute atomic E-state index is 0.0325. The second-order valence-electron chi connectivity index (χ2n) is 13.6. The third kappa shape index (κ3) is 5.78. The molecular formula is C31H51NO9. The first kappa shape index (κ1) is 32.5. The average molecular weight is 582 g/mol. The normalized spacial score (nSPS) is 48.8. The van der Waals surface area contributed by atoms with Crippen molar-refractivity contribution in [2.45, 2.75) is 141 Å². The van der Waals surface area contributed by atoms with Crippen molar-refractivity contribution < 1.29 is 43.5 Å². The molecule has 4 heterocycles.